The van der Waals surface area contributed by atoms with E-state index >= 15 is 0 Å². The predicted octanol–water partition coefficient (Wildman–Crippen LogP) is 2.27. The van der Waals surface area contributed by atoms with Crippen LogP contribution in [0.15, 0.2) is 24.3 Å². The van der Waals surface area contributed by atoms with Gasteiger partial charge in [-0.2, -0.15) is 0 Å². The zero-order chi connectivity index (χ0) is 12.8. The first kappa shape index (κ1) is 13.4. The van der Waals surface area contributed by atoms with Gasteiger partial charge in [0, 0.05) is 12.6 Å². The van der Waals surface area contributed by atoms with Crippen LogP contribution in [0.2, 0.25) is 0 Å². The standard InChI is InChI=1S/C15H24N2O/c1-17(10-8-14-6-4-9-16-14)12-13-5-3-7-15(11-13)18-2/h3,5,7,11,14,16H,4,6,8-10,12H2,1-2H3. The third-order valence-electron chi connectivity index (χ3n) is 3.61. The van der Waals surface area contributed by atoms with Gasteiger partial charge in [-0.25, -0.2) is 0 Å². The minimum Gasteiger partial charge on any atom is -0.497 e. The largest absolute Gasteiger partial charge is 0.497 e. The molecule has 1 aromatic carbocycles. The zero-order valence-corrected chi connectivity index (χ0v) is 11.5. The number of methoxy groups -OCH3 is 1. The molecule has 100 valence electrons. The highest BCUT2D eigenvalue weighted by Gasteiger charge is 2.14. The van der Waals surface area contributed by atoms with Crippen LogP contribution < -0.4 is 10.1 Å². The molecule has 1 fully saturated rings. The lowest BCUT2D eigenvalue weighted by atomic mass is 10.1. The molecule has 1 N–H and O–H groups in total. The Morgan fingerprint density at radius 1 is 1.44 bits per heavy atom. The van der Waals surface area contributed by atoms with E-state index in [4.69, 9.17) is 4.74 Å². The van der Waals surface area contributed by atoms with Crippen molar-refractivity contribution >= 4 is 0 Å². The molecule has 0 aromatic heterocycles. The number of rotatable bonds is 6. The van der Waals surface area contributed by atoms with E-state index in [1.807, 2.05) is 6.07 Å². The summed E-state index contributed by atoms with van der Waals surface area (Å²) in [6.45, 7) is 3.34. The molecule has 0 bridgehead atoms. The highest BCUT2D eigenvalue weighted by molar-refractivity contribution is 5.28. The van der Waals surface area contributed by atoms with Gasteiger partial charge in [-0.05, 0) is 57.1 Å². The van der Waals surface area contributed by atoms with Crippen LogP contribution in [0.5, 0.6) is 5.75 Å². The smallest absolute Gasteiger partial charge is 0.119 e. The van der Waals surface area contributed by atoms with E-state index in [0.717, 1.165) is 24.9 Å². The molecular formula is C15H24N2O. The van der Waals surface area contributed by atoms with Crippen molar-refractivity contribution in [1.29, 1.82) is 0 Å². The quantitative estimate of drug-likeness (QED) is 0.836. The Hall–Kier alpha value is -1.06. The monoisotopic (exact) mass is 248 g/mol. The van der Waals surface area contributed by atoms with Gasteiger partial charge < -0.3 is 15.0 Å². The molecule has 1 aliphatic heterocycles. The van der Waals surface area contributed by atoms with Crippen LogP contribution in [0.4, 0.5) is 0 Å². The van der Waals surface area contributed by atoms with E-state index in [1.54, 1.807) is 7.11 Å². The molecule has 0 saturated carbocycles. The normalized spacial score (nSPS) is 19.4. The summed E-state index contributed by atoms with van der Waals surface area (Å²) in [6, 6.07) is 9.06. The summed E-state index contributed by atoms with van der Waals surface area (Å²) in [5, 5.41) is 3.55. The Kier molecular flexibility index (Phi) is 5.02. The first-order valence-corrected chi connectivity index (χ1v) is 6.83. The molecular weight excluding hydrogens is 224 g/mol. The van der Waals surface area contributed by atoms with Crippen LogP contribution in [0, 0.1) is 0 Å². The Labute approximate surface area is 110 Å². The van der Waals surface area contributed by atoms with Crippen molar-refractivity contribution in [2.75, 3.05) is 27.2 Å². The molecule has 1 saturated heterocycles. The molecule has 1 unspecified atom stereocenters. The van der Waals surface area contributed by atoms with Crippen LogP contribution in [-0.2, 0) is 6.54 Å². The maximum absolute atomic E-state index is 5.25. The summed E-state index contributed by atoms with van der Waals surface area (Å²) in [6.07, 6.45) is 3.93. The van der Waals surface area contributed by atoms with E-state index in [2.05, 4.69) is 35.5 Å². The molecule has 1 aromatic rings. The van der Waals surface area contributed by atoms with Crippen LogP contribution in [0.1, 0.15) is 24.8 Å². The van der Waals surface area contributed by atoms with Crippen molar-refractivity contribution < 1.29 is 4.74 Å². The van der Waals surface area contributed by atoms with E-state index in [9.17, 15) is 0 Å². The molecule has 3 nitrogen and oxygen atoms in total. The van der Waals surface area contributed by atoms with Crippen LogP contribution in [0.25, 0.3) is 0 Å². The number of nitrogens with one attached hydrogen (secondary N) is 1. The zero-order valence-electron chi connectivity index (χ0n) is 11.5. The van der Waals surface area contributed by atoms with Gasteiger partial charge in [0.05, 0.1) is 7.11 Å². The highest BCUT2D eigenvalue weighted by atomic mass is 16.5. The van der Waals surface area contributed by atoms with Gasteiger partial charge in [0.1, 0.15) is 5.75 Å². The average Bonchev–Trinajstić information content (AvgIpc) is 2.90. The predicted molar refractivity (Wildman–Crippen MR) is 75.0 cm³/mol. The van der Waals surface area contributed by atoms with Gasteiger partial charge in [0.15, 0.2) is 0 Å². The van der Waals surface area contributed by atoms with Crippen molar-refractivity contribution in [3.05, 3.63) is 29.8 Å². The number of ether oxygens (including phenoxy) is 1. The van der Waals surface area contributed by atoms with E-state index < -0.39 is 0 Å². The van der Waals surface area contributed by atoms with Crippen molar-refractivity contribution in [2.24, 2.45) is 0 Å². The summed E-state index contributed by atoms with van der Waals surface area (Å²) in [7, 11) is 3.91. The topological polar surface area (TPSA) is 24.5 Å². The Morgan fingerprint density at radius 3 is 3.06 bits per heavy atom. The number of benzene rings is 1. The molecule has 0 aliphatic carbocycles. The molecule has 0 radical (unpaired) electrons. The summed E-state index contributed by atoms with van der Waals surface area (Å²) in [4.78, 5) is 2.38. The lowest BCUT2D eigenvalue weighted by molar-refractivity contribution is 0.305. The Balaban J connectivity index is 1.76. The Morgan fingerprint density at radius 2 is 2.33 bits per heavy atom. The fourth-order valence-corrected chi connectivity index (χ4v) is 2.54. The fourth-order valence-electron chi connectivity index (χ4n) is 2.54. The van der Waals surface area contributed by atoms with Gasteiger partial charge in [0.2, 0.25) is 0 Å². The van der Waals surface area contributed by atoms with Crippen LogP contribution in [0.3, 0.4) is 0 Å². The first-order chi connectivity index (χ1) is 8.78. The van der Waals surface area contributed by atoms with Crippen molar-refractivity contribution in [3.63, 3.8) is 0 Å². The molecule has 0 amide bonds. The molecule has 2 rings (SSSR count). The summed E-state index contributed by atoms with van der Waals surface area (Å²) in [5.41, 5.74) is 1.32. The average molecular weight is 248 g/mol. The lowest BCUT2D eigenvalue weighted by Gasteiger charge is -2.19. The number of hydrogen-bond acceptors (Lipinski definition) is 3. The van der Waals surface area contributed by atoms with Crippen LogP contribution in [-0.4, -0.2) is 38.2 Å². The Bertz CT molecular complexity index is 361. The summed E-state index contributed by atoms with van der Waals surface area (Å²) >= 11 is 0. The third kappa shape index (κ3) is 4.00. The molecule has 18 heavy (non-hydrogen) atoms. The van der Waals surface area contributed by atoms with Gasteiger partial charge >= 0.3 is 0 Å². The number of nitrogens with zero attached hydrogens (tertiary/aromatic N) is 1. The molecule has 1 aliphatic rings. The lowest BCUT2D eigenvalue weighted by Crippen LogP contribution is -2.28. The van der Waals surface area contributed by atoms with Gasteiger partial charge in [-0.15, -0.1) is 0 Å². The molecule has 0 spiro atoms. The van der Waals surface area contributed by atoms with Gasteiger partial charge in [-0.3, -0.25) is 0 Å². The maximum Gasteiger partial charge on any atom is 0.119 e. The van der Waals surface area contributed by atoms with E-state index in [0.29, 0.717) is 0 Å². The van der Waals surface area contributed by atoms with Crippen LogP contribution >= 0.6 is 0 Å². The van der Waals surface area contributed by atoms with E-state index in [1.165, 1.54) is 31.4 Å². The molecule has 3 heteroatoms. The van der Waals surface area contributed by atoms with Gasteiger partial charge in [-0.1, -0.05) is 12.1 Å². The molecule has 1 heterocycles. The minimum atomic E-state index is 0.734. The maximum atomic E-state index is 5.25. The second kappa shape index (κ2) is 6.76. The summed E-state index contributed by atoms with van der Waals surface area (Å²) in [5.74, 6) is 0.943. The number of hydrogen-bond donors (Lipinski definition) is 1. The second-order valence-electron chi connectivity index (χ2n) is 5.17. The van der Waals surface area contributed by atoms with Crippen molar-refractivity contribution in [3.8, 4) is 5.75 Å². The fraction of sp³-hybridized carbons (Fsp3) is 0.600. The highest BCUT2D eigenvalue weighted by Crippen LogP contribution is 2.15. The SMILES string of the molecule is COc1cccc(CN(C)CCC2CCCN2)c1. The first-order valence-electron chi connectivity index (χ1n) is 6.83. The third-order valence-corrected chi connectivity index (χ3v) is 3.61. The second-order valence-corrected chi connectivity index (χ2v) is 5.17. The van der Waals surface area contributed by atoms with E-state index in [-0.39, 0.29) is 0 Å². The van der Waals surface area contributed by atoms with Gasteiger partial charge in [0.25, 0.3) is 0 Å². The molecule has 1 atom stereocenters. The van der Waals surface area contributed by atoms with Crippen molar-refractivity contribution in [1.82, 2.24) is 10.2 Å². The van der Waals surface area contributed by atoms with Crippen molar-refractivity contribution in [2.45, 2.75) is 31.8 Å². The summed E-state index contributed by atoms with van der Waals surface area (Å²) < 4.78 is 5.25. The minimum absolute atomic E-state index is 0.734.